The lowest BCUT2D eigenvalue weighted by atomic mass is 10.1. The molecule has 0 aromatic heterocycles. The lowest BCUT2D eigenvalue weighted by Crippen LogP contribution is -2.44. The fourth-order valence-corrected chi connectivity index (χ4v) is 6.39. The van der Waals surface area contributed by atoms with Gasteiger partial charge in [-0.3, -0.25) is 0 Å². The lowest BCUT2D eigenvalue weighted by molar-refractivity contribution is 0.720. The van der Waals surface area contributed by atoms with Crippen LogP contribution in [-0.2, 0) is 0 Å². The lowest BCUT2D eigenvalue weighted by Gasteiger charge is -2.23. The minimum absolute atomic E-state index is 1.17. The maximum absolute atomic E-state index is 2.53. The summed E-state index contributed by atoms with van der Waals surface area (Å²) in [6.07, 6.45) is 7.85. The molecule has 19 heavy (non-hydrogen) atoms. The summed E-state index contributed by atoms with van der Waals surface area (Å²) in [5, 5.41) is 4.85. The van der Waals surface area contributed by atoms with Crippen LogP contribution in [0.4, 0.5) is 0 Å². The normalized spacial score (nSPS) is 15.3. The van der Waals surface area contributed by atoms with Crippen LogP contribution in [0, 0.1) is 0 Å². The fourth-order valence-electron chi connectivity index (χ4n) is 3.04. The van der Waals surface area contributed by atoms with Crippen molar-refractivity contribution in [1.29, 1.82) is 0 Å². The van der Waals surface area contributed by atoms with Crippen molar-refractivity contribution < 1.29 is 0 Å². The van der Waals surface area contributed by atoms with E-state index in [2.05, 4.69) is 66.7 Å². The van der Waals surface area contributed by atoms with E-state index in [1.54, 1.807) is 15.6 Å². The summed E-state index contributed by atoms with van der Waals surface area (Å²) in [7, 11) is -1.17. The monoisotopic (exact) mass is 264 g/mol. The van der Waals surface area contributed by atoms with E-state index in [9.17, 15) is 0 Å². The molecule has 0 bridgehead atoms. The van der Waals surface area contributed by atoms with Gasteiger partial charge in [0.05, 0.1) is 0 Å². The quantitative estimate of drug-likeness (QED) is 0.748. The van der Waals surface area contributed by atoms with Crippen LogP contribution in [0.2, 0.25) is 0 Å². The molecule has 1 aliphatic carbocycles. The predicted octanol–water partition coefficient (Wildman–Crippen LogP) is 3.07. The van der Waals surface area contributed by atoms with Crippen LogP contribution < -0.4 is 10.4 Å². The maximum atomic E-state index is 2.53. The number of hydrogen-bond donors (Lipinski definition) is 0. The van der Waals surface area contributed by atoms with Crippen LogP contribution >= 0.6 is 0 Å². The molecular weight excluding hydrogens is 244 g/mol. The van der Waals surface area contributed by atoms with Crippen molar-refractivity contribution in [2.75, 3.05) is 0 Å². The third-order valence-electron chi connectivity index (χ3n) is 3.96. The van der Waals surface area contributed by atoms with Gasteiger partial charge in [-0.1, -0.05) is 82.3 Å². The van der Waals surface area contributed by atoms with Crippen LogP contribution in [0.15, 0.2) is 71.9 Å². The van der Waals surface area contributed by atoms with E-state index in [0.717, 1.165) is 0 Å². The Labute approximate surface area is 117 Å². The highest BCUT2D eigenvalue weighted by Crippen LogP contribution is 2.19. The molecule has 0 aliphatic heterocycles. The molecule has 0 amide bonds. The Kier molecular flexibility index (Phi) is 3.94. The minimum Gasteiger partial charge on any atom is -0.0888 e. The van der Waals surface area contributed by atoms with Crippen LogP contribution in [0.3, 0.4) is 0 Å². The minimum atomic E-state index is -1.17. The van der Waals surface area contributed by atoms with Gasteiger partial charge in [0.15, 0.2) is 0 Å². The van der Waals surface area contributed by atoms with E-state index in [-0.39, 0.29) is 0 Å². The van der Waals surface area contributed by atoms with Crippen molar-refractivity contribution in [3.8, 4) is 0 Å². The molecule has 0 N–H and O–H groups in total. The van der Waals surface area contributed by atoms with E-state index in [0.29, 0.717) is 0 Å². The summed E-state index contributed by atoms with van der Waals surface area (Å²) in [5.41, 5.74) is 0. The Morgan fingerprint density at radius 1 is 0.684 bits per heavy atom. The van der Waals surface area contributed by atoms with Crippen molar-refractivity contribution in [2.24, 2.45) is 0 Å². The first kappa shape index (κ1) is 12.4. The van der Waals surface area contributed by atoms with Gasteiger partial charge >= 0.3 is 0 Å². The standard InChI is InChI=1S/C18H20Si/c1-4-10-16(11-5-1)19(17-12-6-2-7-13-17)18-14-8-3-9-15-18/h1-2,4-7,10-14,19H,3,8-9,15H2. The van der Waals surface area contributed by atoms with Crippen molar-refractivity contribution in [3.05, 3.63) is 71.9 Å². The second-order valence-electron chi connectivity index (χ2n) is 5.28. The Morgan fingerprint density at radius 3 is 1.74 bits per heavy atom. The highest BCUT2D eigenvalue weighted by atomic mass is 28.3. The van der Waals surface area contributed by atoms with Gasteiger partial charge < -0.3 is 0 Å². The highest BCUT2D eigenvalue weighted by Gasteiger charge is 2.21. The van der Waals surface area contributed by atoms with Crippen molar-refractivity contribution in [2.45, 2.75) is 25.7 Å². The van der Waals surface area contributed by atoms with Gasteiger partial charge in [-0.25, -0.2) is 0 Å². The van der Waals surface area contributed by atoms with Crippen molar-refractivity contribution >= 4 is 19.2 Å². The molecule has 0 spiro atoms. The van der Waals surface area contributed by atoms with Crippen LogP contribution in [-0.4, -0.2) is 8.80 Å². The summed E-state index contributed by atoms with van der Waals surface area (Å²) in [5.74, 6) is 0. The number of allylic oxidation sites excluding steroid dienone is 2. The molecule has 3 rings (SSSR count). The predicted molar refractivity (Wildman–Crippen MR) is 85.9 cm³/mol. The number of rotatable bonds is 3. The molecular formula is C18H20Si. The summed E-state index contributed by atoms with van der Waals surface area (Å²) >= 11 is 0. The molecule has 0 saturated carbocycles. The maximum Gasteiger partial charge on any atom is 0.128 e. The highest BCUT2D eigenvalue weighted by molar-refractivity contribution is 6.90. The SMILES string of the molecule is C1=C([SiH](c2ccccc2)c2ccccc2)CCCC1. The topological polar surface area (TPSA) is 0 Å². The van der Waals surface area contributed by atoms with E-state index in [1.165, 1.54) is 25.7 Å². The Bertz CT molecular complexity index is 503. The van der Waals surface area contributed by atoms with Gasteiger partial charge in [0.1, 0.15) is 8.80 Å². The molecule has 2 aromatic rings. The van der Waals surface area contributed by atoms with E-state index >= 15 is 0 Å². The van der Waals surface area contributed by atoms with Crippen LogP contribution in [0.25, 0.3) is 0 Å². The zero-order chi connectivity index (χ0) is 12.9. The average Bonchev–Trinajstić information content (AvgIpc) is 2.51. The molecule has 96 valence electrons. The first-order valence-electron chi connectivity index (χ1n) is 7.24. The van der Waals surface area contributed by atoms with Gasteiger partial charge in [0.2, 0.25) is 0 Å². The molecule has 0 unspecified atom stereocenters. The molecule has 0 fully saturated rings. The smallest absolute Gasteiger partial charge is 0.0888 e. The van der Waals surface area contributed by atoms with Crippen LogP contribution in [0.5, 0.6) is 0 Å². The molecule has 1 aliphatic rings. The molecule has 0 heterocycles. The summed E-state index contributed by atoms with van der Waals surface area (Å²) in [6.45, 7) is 0. The summed E-state index contributed by atoms with van der Waals surface area (Å²) in [6, 6.07) is 22.2. The molecule has 2 aromatic carbocycles. The number of hydrogen-bond acceptors (Lipinski definition) is 0. The molecule has 0 radical (unpaired) electrons. The van der Waals surface area contributed by atoms with Gasteiger partial charge in [-0.2, -0.15) is 0 Å². The first-order valence-corrected chi connectivity index (χ1v) is 8.97. The largest absolute Gasteiger partial charge is 0.128 e. The third-order valence-corrected chi connectivity index (χ3v) is 7.33. The average molecular weight is 264 g/mol. The number of benzene rings is 2. The summed E-state index contributed by atoms with van der Waals surface area (Å²) < 4.78 is 0. The second kappa shape index (κ2) is 6.03. The third kappa shape index (κ3) is 2.87. The summed E-state index contributed by atoms with van der Waals surface area (Å²) in [4.78, 5) is 0. The van der Waals surface area contributed by atoms with Crippen molar-refractivity contribution in [3.63, 3.8) is 0 Å². The van der Waals surface area contributed by atoms with Gasteiger partial charge in [-0.15, -0.1) is 0 Å². The zero-order valence-electron chi connectivity index (χ0n) is 11.3. The van der Waals surface area contributed by atoms with Crippen molar-refractivity contribution in [1.82, 2.24) is 0 Å². The molecule has 0 nitrogen and oxygen atoms in total. The second-order valence-corrected chi connectivity index (χ2v) is 8.22. The molecule has 0 saturated heterocycles. The van der Waals surface area contributed by atoms with E-state index in [1.807, 2.05) is 0 Å². The Morgan fingerprint density at radius 2 is 1.26 bits per heavy atom. The Hall–Kier alpha value is -1.60. The molecule has 0 atom stereocenters. The molecule has 1 heteroatoms. The van der Waals surface area contributed by atoms with E-state index in [4.69, 9.17) is 0 Å². The van der Waals surface area contributed by atoms with Crippen LogP contribution in [0.1, 0.15) is 25.7 Å². The van der Waals surface area contributed by atoms with Gasteiger partial charge in [0, 0.05) is 0 Å². The zero-order valence-corrected chi connectivity index (χ0v) is 12.4. The Balaban J connectivity index is 2.03. The fraction of sp³-hybridized carbons (Fsp3) is 0.222. The van der Waals surface area contributed by atoms with Gasteiger partial charge in [-0.05, 0) is 25.7 Å². The first-order chi connectivity index (χ1) is 9.45. The van der Waals surface area contributed by atoms with E-state index < -0.39 is 8.80 Å². The van der Waals surface area contributed by atoms with Gasteiger partial charge in [0.25, 0.3) is 0 Å².